The molecule has 0 bridgehead atoms. The number of hydrogen-bond donors (Lipinski definition) is 1. The number of hydrogen-bond acceptors (Lipinski definition) is 2. The van der Waals surface area contributed by atoms with Gasteiger partial charge in [0.15, 0.2) is 0 Å². The largest absolute Gasteiger partial charge is 0.495 e. The van der Waals surface area contributed by atoms with Crippen LogP contribution in [0.1, 0.15) is 29.2 Å². The molecule has 3 rings (SSSR count). The lowest BCUT2D eigenvalue weighted by Gasteiger charge is -2.20. The van der Waals surface area contributed by atoms with E-state index in [0.29, 0.717) is 17.9 Å². The molecule has 1 heterocycles. The van der Waals surface area contributed by atoms with E-state index in [9.17, 15) is 4.79 Å². The van der Waals surface area contributed by atoms with E-state index in [0.717, 1.165) is 11.1 Å². The highest BCUT2D eigenvalue weighted by Crippen LogP contribution is 2.28. The zero-order chi connectivity index (χ0) is 18.5. The number of nitrogens with zero attached hydrogens (tertiary/aromatic N) is 1. The van der Waals surface area contributed by atoms with Crippen molar-refractivity contribution in [3.8, 4) is 5.75 Å². The molecule has 0 fully saturated rings. The summed E-state index contributed by atoms with van der Waals surface area (Å²) in [4.78, 5) is 12.8. The smallest absolute Gasteiger partial charge is 0.226 e. The van der Waals surface area contributed by atoms with Crippen molar-refractivity contribution >= 4 is 11.6 Å². The second kappa shape index (κ2) is 7.91. The Hall–Kier alpha value is -3.01. The Balaban J connectivity index is 1.83. The van der Waals surface area contributed by atoms with E-state index < -0.39 is 0 Å². The minimum absolute atomic E-state index is 0.0471. The lowest BCUT2D eigenvalue weighted by Crippen LogP contribution is -2.20. The van der Waals surface area contributed by atoms with Gasteiger partial charge < -0.3 is 14.6 Å². The van der Waals surface area contributed by atoms with Gasteiger partial charge in [0.05, 0.1) is 25.3 Å². The molecular formula is C22H24N2O2. The lowest BCUT2D eigenvalue weighted by molar-refractivity contribution is -0.116. The van der Waals surface area contributed by atoms with Crippen molar-refractivity contribution in [2.24, 2.45) is 0 Å². The zero-order valence-electron chi connectivity index (χ0n) is 15.4. The molecule has 1 atom stereocenters. The molecule has 2 aromatic carbocycles. The van der Waals surface area contributed by atoms with Gasteiger partial charge in [0, 0.05) is 12.4 Å². The normalized spacial score (nSPS) is 11.8. The molecule has 0 saturated heterocycles. The maximum Gasteiger partial charge on any atom is 0.226 e. The van der Waals surface area contributed by atoms with Gasteiger partial charge in [-0.3, -0.25) is 4.79 Å². The Kier molecular flexibility index (Phi) is 5.42. The molecule has 1 amide bonds. The summed E-state index contributed by atoms with van der Waals surface area (Å²) in [5.41, 5.74) is 4.07. The Labute approximate surface area is 154 Å². The predicted octanol–water partition coefficient (Wildman–Crippen LogP) is 4.73. The minimum atomic E-state index is -0.0549. The van der Waals surface area contributed by atoms with Crippen LogP contribution in [0.2, 0.25) is 0 Å². The average Bonchev–Trinajstić information content (AvgIpc) is 3.14. The van der Waals surface area contributed by atoms with Crippen LogP contribution in [0.15, 0.2) is 67.0 Å². The molecule has 1 N–H and O–H groups in total. The molecule has 0 saturated carbocycles. The van der Waals surface area contributed by atoms with Crippen LogP contribution in [-0.4, -0.2) is 17.6 Å². The molecule has 0 aliphatic carbocycles. The van der Waals surface area contributed by atoms with Gasteiger partial charge in [0.25, 0.3) is 0 Å². The van der Waals surface area contributed by atoms with Crippen LogP contribution in [0.5, 0.6) is 5.75 Å². The van der Waals surface area contributed by atoms with E-state index in [1.807, 2.05) is 55.7 Å². The fourth-order valence-corrected chi connectivity index (χ4v) is 3.12. The molecular weight excluding hydrogens is 324 g/mol. The molecule has 4 heteroatoms. The summed E-state index contributed by atoms with van der Waals surface area (Å²) >= 11 is 0. The van der Waals surface area contributed by atoms with Crippen molar-refractivity contribution in [1.29, 1.82) is 0 Å². The van der Waals surface area contributed by atoms with Crippen molar-refractivity contribution in [1.82, 2.24) is 4.57 Å². The van der Waals surface area contributed by atoms with Crippen LogP contribution in [0.25, 0.3) is 0 Å². The molecule has 4 nitrogen and oxygen atoms in total. The van der Waals surface area contributed by atoms with Gasteiger partial charge in [-0.25, -0.2) is 0 Å². The van der Waals surface area contributed by atoms with Crippen molar-refractivity contribution in [3.63, 3.8) is 0 Å². The number of ether oxygens (including phenoxy) is 1. The summed E-state index contributed by atoms with van der Waals surface area (Å²) in [5.74, 6) is 0.617. The first-order valence-corrected chi connectivity index (χ1v) is 8.70. The predicted molar refractivity (Wildman–Crippen MR) is 105 cm³/mol. The Morgan fingerprint density at radius 3 is 2.46 bits per heavy atom. The van der Waals surface area contributed by atoms with Gasteiger partial charge in [-0.2, -0.15) is 0 Å². The third-order valence-corrected chi connectivity index (χ3v) is 4.42. The molecule has 1 aromatic heterocycles. The quantitative estimate of drug-likeness (QED) is 0.700. The summed E-state index contributed by atoms with van der Waals surface area (Å²) in [6.45, 7) is 4.05. The summed E-state index contributed by atoms with van der Waals surface area (Å²) in [6.07, 6.45) is 4.33. The summed E-state index contributed by atoms with van der Waals surface area (Å²) in [5, 5.41) is 3.00. The van der Waals surface area contributed by atoms with Crippen LogP contribution >= 0.6 is 0 Å². The number of amides is 1. The molecule has 0 radical (unpaired) electrons. The highest BCUT2D eigenvalue weighted by Gasteiger charge is 2.18. The molecule has 0 spiro atoms. The molecule has 0 aliphatic heterocycles. The van der Waals surface area contributed by atoms with Gasteiger partial charge in [-0.05, 0) is 49.2 Å². The fourth-order valence-electron chi connectivity index (χ4n) is 3.12. The van der Waals surface area contributed by atoms with Gasteiger partial charge >= 0.3 is 0 Å². The Morgan fingerprint density at radius 2 is 1.77 bits per heavy atom. The van der Waals surface area contributed by atoms with E-state index in [-0.39, 0.29) is 11.9 Å². The van der Waals surface area contributed by atoms with Crippen molar-refractivity contribution in [2.75, 3.05) is 12.4 Å². The summed E-state index contributed by atoms with van der Waals surface area (Å²) in [6, 6.07) is 17.9. The van der Waals surface area contributed by atoms with E-state index in [1.165, 1.54) is 5.56 Å². The minimum Gasteiger partial charge on any atom is -0.495 e. The zero-order valence-corrected chi connectivity index (χ0v) is 15.4. The Bertz CT molecular complexity index is 885. The van der Waals surface area contributed by atoms with Crippen LogP contribution < -0.4 is 10.1 Å². The van der Waals surface area contributed by atoms with E-state index >= 15 is 0 Å². The molecule has 134 valence electrons. The highest BCUT2D eigenvalue weighted by atomic mass is 16.5. The lowest BCUT2D eigenvalue weighted by atomic mass is 10.0. The first-order valence-electron chi connectivity index (χ1n) is 8.70. The molecule has 3 aromatic rings. The second-order valence-electron chi connectivity index (χ2n) is 6.52. The number of methoxy groups -OCH3 is 1. The number of nitrogens with one attached hydrogen (secondary N) is 1. The molecule has 26 heavy (non-hydrogen) atoms. The number of aromatic nitrogens is 1. The average molecular weight is 348 g/mol. The third kappa shape index (κ3) is 4.14. The van der Waals surface area contributed by atoms with Crippen molar-refractivity contribution in [3.05, 3.63) is 83.7 Å². The van der Waals surface area contributed by atoms with Crippen LogP contribution in [0.3, 0.4) is 0 Å². The van der Waals surface area contributed by atoms with E-state index in [4.69, 9.17) is 4.74 Å². The van der Waals surface area contributed by atoms with E-state index in [1.54, 1.807) is 7.11 Å². The van der Waals surface area contributed by atoms with Gasteiger partial charge in [0.2, 0.25) is 5.91 Å². The number of anilines is 1. The van der Waals surface area contributed by atoms with Gasteiger partial charge in [-0.1, -0.05) is 35.9 Å². The van der Waals surface area contributed by atoms with Gasteiger partial charge in [0.1, 0.15) is 5.75 Å². The van der Waals surface area contributed by atoms with Crippen LogP contribution in [0, 0.1) is 13.8 Å². The number of carbonyl (C=O) groups excluding carboxylic acids is 1. The highest BCUT2D eigenvalue weighted by molar-refractivity contribution is 5.92. The topological polar surface area (TPSA) is 43.3 Å². The SMILES string of the molecule is COc1ccc(C)cc1NC(=O)C[C@H](c1cccc(C)c1)n1cccc1. The monoisotopic (exact) mass is 348 g/mol. The fraction of sp³-hybridized carbons (Fsp3) is 0.227. The first kappa shape index (κ1) is 17.8. The van der Waals surface area contributed by atoms with Crippen molar-refractivity contribution in [2.45, 2.75) is 26.3 Å². The Morgan fingerprint density at radius 1 is 1.04 bits per heavy atom. The van der Waals surface area contributed by atoms with Crippen LogP contribution in [0.4, 0.5) is 5.69 Å². The number of carbonyl (C=O) groups is 1. The number of benzene rings is 2. The summed E-state index contributed by atoms with van der Waals surface area (Å²) in [7, 11) is 1.61. The number of rotatable bonds is 6. The molecule has 0 unspecified atom stereocenters. The number of aryl methyl sites for hydroxylation is 2. The first-order chi connectivity index (χ1) is 12.6. The third-order valence-electron chi connectivity index (χ3n) is 4.42. The van der Waals surface area contributed by atoms with E-state index in [2.05, 4.69) is 35.0 Å². The van der Waals surface area contributed by atoms with Crippen molar-refractivity contribution < 1.29 is 9.53 Å². The maximum absolute atomic E-state index is 12.8. The standard InChI is InChI=1S/C22H24N2O2/c1-16-7-6-8-18(13-16)20(24-11-4-5-12-24)15-22(25)23-19-14-17(2)9-10-21(19)26-3/h4-14,20H,15H2,1-3H3,(H,23,25)/t20-/m1/s1. The second-order valence-corrected chi connectivity index (χ2v) is 6.52. The van der Waals surface area contributed by atoms with Gasteiger partial charge in [-0.15, -0.1) is 0 Å². The van der Waals surface area contributed by atoms with Crippen LogP contribution in [-0.2, 0) is 4.79 Å². The summed E-state index contributed by atoms with van der Waals surface area (Å²) < 4.78 is 7.43. The molecule has 0 aliphatic rings. The maximum atomic E-state index is 12.8.